The second-order valence-electron chi connectivity index (χ2n) is 13.2. The van der Waals surface area contributed by atoms with E-state index in [1.54, 1.807) is 12.2 Å². The molecule has 8 atom stereocenters. The van der Waals surface area contributed by atoms with E-state index in [9.17, 15) is 9.59 Å². The normalized spacial score (nSPS) is 44.2. The third-order valence-electron chi connectivity index (χ3n) is 11.5. The van der Waals surface area contributed by atoms with Crippen LogP contribution in [0.1, 0.15) is 75.9 Å². The number of esters is 2. The second kappa shape index (κ2) is 8.01. The zero-order valence-electron chi connectivity index (χ0n) is 22.3. The Bertz CT molecular complexity index is 1320. The van der Waals surface area contributed by atoms with Crippen LogP contribution in [-0.2, 0) is 25.6 Å². The first-order chi connectivity index (χ1) is 19.0. The van der Waals surface area contributed by atoms with Gasteiger partial charge in [0.1, 0.15) is 0 Å². The van der Waals surface area contributed by atoms with E-state index in [1.165, 1.54) is 31.3 Å². The van der Waals surface area contributed by atoms with E-state index >= 15 is 0 Å². The number of hydrogen-bond donors (Lipinski definition) is 1. The fourth-order valence-corrected chi connectivity index (χ4v) is 10.0. The van der Waals surface area contributed by atoms with Gasteiger partial charge in [0.05, 0.1) is 30.0 Å². The Morgan fingerprint density at radius 2 is 1.49 bits per heavy atom. The lowest BCUT2D eigenvalue weighted by atomic mass is 9.75. The maximum absolute atomic E-state index is 12.4. The molecule has 1 aromatic heterocycles. The number of rotatable bonds is 4. The highest BCUT2D eigenvalue weighted by molar-refractivity contribution is 5.88. The molecule has 4 bridgehead atoms. The molecule has 2 aliphatic carbocycles. The van der Waals surface area contributed by atoms with Gasteiger partial charge in [-0.1, -0.05) is 18.1 Å². The van der Waals surface area contributed by atoms with Crippen molar-refractivity contribution in [2.24, 2.45) is 0 Å². The Morgan fingerprint density at radius 1 is 0.846 bits per heavy atom. The van der Waals surface area contributed by atoms with Gasteiger partial charge in [0.25, 0.3) is 0 Å². The number of carbonyl (C=O) groups is 2. The molecule has 9 rings (SSSR count). The molecule has 7 heterocycles. The van der Waals surface area contributed by atoms with Crippen LogP contribution in [0.2, 0.25) is 0 Å². The van der Waals surface area contributed by atoms with Crippen molar-refractivity contribution in [3.8, 4) is 0 Å². The fraction of sp³-hybridized carbons (Fsp3) is 0.724. The van der Waals surface area contributed by atoms with Crippen LogP contribution >= 0.6 is 0 Å². The first kappa shape index (κ1) is 23.2. The van der Waals surface area contributed by atoms with Gasteiger partial charge >= 0.3 is 11.9 Å². The minimum atomic E-state index is -0.409. The topological polar surface area (TPSA) is 102 Å². The van der Waals surface area contributed by atoms with Crippen LogP contribution in [0.15, 0.2) is 29.5 Å². The number of aromatic nitrogens is 3. The number of piperidine rings is 2. The Labute approximate surface area is 227 Å². The molecule has 39 heavy (non-hydrogen) atoms. The number of fused-ring (bicyclic) bond motifs is 6. The SMILES string of the molecule is O=C1C=C2CC(n3cc(CNC4CC5=CC(=O)O[C@@]56C[C@@H]4N4CCCC[C@@H]46)nn3)[C@@H]3C[C@@]2(O1)C1CCCCN13. The van der Waals surface area contributed by atoms with Crippen molar-refractivity contribution in [3.05, 3.63) is 35.2 Å². The molecule has 1 aromatic rings. The van der Waals surface area contributed by atoms with E-state index in [-0.39, 0.29) is 29.6 Å². The molecule has 10 heteroatoms. The summed E-state index contributed by atoms with van der Waals surface area (Å²) in [6, 6.07) is 1.74. The highest BCUT2D eigenvalue weighted by Crippen LogP contribution is 2.57. The molecule has 1 N–H and O–H groups in total. The van der Waals surface area contributed by atoms with Crippen molar-refractivity contribution >= 4 is 11.9 Å². The van der Waals surface area contributed by atoms with Crippen LogP contribution in [0, 0.1) is 0 Å². The number of ether oxygens (including phenoxy) is 2. The minimum Gasteiger partial charge on any atom is -0.450 e. The predicted molar refractivity (Wildman–Crippen MR) is 138 cm³/mol. The molecule has 0 radical (unpaired) electrons. The molecule has 0 aromatic carbocycles. The second-order valence-corrected chi connectivity index (χ2v) is 13.2. The summed E-state index contributed by atoms with van der Waals surface area (Å²) in [5.74, 6) is -0.340. The van der Waals surface area contributed by atoms with Gasteiger partial charge in [-0.2, -0.15) is 0 Å². The van der Waals surface area contributed by atoms with E-state index in [0.717, 1.165) is 62.9 Å². The van der Waals surface area contributed by atoms with Crippen LogP contribution in [0.25, 0.3) is 0 Å². The monoisotopic (exact) mass is 532 g/mol. The summed E-state index contributed by atoms with van der Waals surface area (Å²) in [5, 5.41) is 13.0. The molecule has 4 saturated heterocycles. The highest BCUT2D eigenvalue weighted by atomic mass is 16.6. The van der Waals surface area contributed by atoms with E-state index in [4.69, 9.17) is 9.47 Å². The van der Waals surface area contributed by atoms with E-state index in [0.29, 0.717) is 30.7 Å². The first-order valence-electron chi connectivity index (χ1n) is 15.1. The molecule has 2 saturated carbocycles. The predicted octanol–water partition coefficient (Wildman–Crippen LogP) is 1.78. The molecule has 206 valence electrons. The third kappa shape index (κ3) is 3.08. The van der Waals surface area contributed by atoms with Crippen molar-refractivity contribution in [3.63, 3.8) is 0 Å². The standard InChI is InChI=1S/C29H36N6O4/c36-26-11-17-9-20(22-13-28(17,38-26)24-5-1-3-7-33(22)24)30-15-19-16-35(32-31-19)21-10-18-12-27(37)39-29(18)14-23(21)34-8-4-2-6-25(29)34/h11-12,16,20-25,30H,1-10,13-15H2/t20?,21?,22-,23-,24+,25?,28-,29-/m0/s1. The summed E-state index contributed by atoms with van der Waals surface area (Å²) in [5.41, 5.74) is 2.48. The molecule has 6 fully saturated rings. The van der Waals surface area contributed by atoms with Gasteiger partial charge in [0.15, 0.2) is 11.2 Å². The molecular weight excluding hydrogens is 496 g/mol. The average molecular weight is 533 g/mol. The third-order valence-corrected chi connectivity index (χ3v) is 11.5. The quantitative estimate of drug-likeness (QED) is 0.582. The summed E-state index contributed by atoms with van der Waals surface area (Å²) in [6.45, 7) is 2.79. The summed E-state index contributed by atoms with van der Waals surface area (Å²) in [6.07, 6.45) is 16.1. The molecule has 6 aliphatic heterocycles. The van der Waals surface area contributed by atoms with Crippen molar-refractivity contribution in [2.75, 3.05) is 13.1 Å². The van der Waals surface area contributed by atoms with Gasteiger partial charge in [-0.15, -0.1) is 5.10 Å². The van der Waals surface area contributed by atoms with Gasteiger partial charge in [0.2, 0.25) is 0 Å². The van der Waals surface area contributed by atoms with Crippen molar-refractivity contribution < 1.29 is 19.1 Å². The lowest BCUT2D eigenvalue weighted by molar-refractivity contribution is -0.149. The fourth-order valence-electron chi connectivity index (χ4n) is 10.0. The van der Waals surface area contributed by atoms with Crippen molar-refractivity contribution in [2.45, 2.75) is 118 Å². The van der Waals surface area contributed by atoms with Crippen LogP contribution in [-0.4, -0.2) is 91.2 Å². The number of nitrogens with one attached hydrogen (secondary N) is 1. The van der Waals surface area contributed by atoms with Crippen molar-refractivity contribution in [1.82, 2.24) is 30.1 Å². The van der Waals surface area contributed by atoms with Crippen LogP contribution in [0.3, 0.4) is 0 Å². The number of hydrogen-bond acceptors (Lipinski definition) is 9. The molecule has 2 spiro atoms. The Hall–Kier alpha value is -2.56. The summed E-state index contributed by atoms with van der Waals surface area (Å²) < 4.78 is 14.1. The van der Waals surface area contributed by atoms with Crippen molar-refractivity contribution in [1.29, 1.82) is 0 Å². The zero-order valence-corrected chi connectivity index (χ0v) is 22.3. The Morgan fingerprint density at radius 3 is 2.21 bits per heavy atom. The first-order valence-corrected chi connectivity index (χ1v) is 15.1. The maximum atomic E-state index is 12.4. The number of carbonyl (C=O) groups excluding carboxylic acids is 2. The summed E-state index contributed by atoms with van der Waals surface area (Å²) in [7, 11) is 0. The smallest absolute Gasteiger partial charge is 0.331 e. The largest absolute Gasteiger partial charge is 0.450 e. The van der Waals surface area contributed by atoms with Gasteiger partial charge < -0.3 is 14.8 Å². The van der Waals surface area contributed by atoms with Crippen LogP contribution in [0.4, 0.5) is 0 Å². The van der Waals surface area contributed by atoms with E-state index in [1.807, 2.05) is 0 Å². The molecule has 0 amide bonds. The minimum absolute atomic E-state index is 0.161. The van der Waals surface area contributed by atoms with Gasteiger partial charge in [0, 0.05) is 49.7 Å². The van der Waals surface area contributed by atoms with Crippen LogP contribution < -0.4 is 5.32 Å². The Kier molecular flexibility index (Phi) is 4.76. The lowest BCUT2D eigenvalue weighted by Gasteiger charge is -2.38. The van der Waals surface area contributed by atoms with Crippen LogP contribution in [0.5, 0.6) is 0 Å². The van der Waals surface area contributed by atoms with E-state index < -0.39 is 5.60 Å². The van der Waals surface area contributed by atoms with Gasteiger partial charge in [-0.05, 0) is 62.8 Å². The molecule has 3 unspecified atom stereocenters. The summed E-state index contributed by atoms with van der Waals surface area (Å²) >= 11 is 0. The van der Waals surface area contributed by atoms with Gasteiger partial charge in [-0.25, -0.2) is 14.3 Å². The number of nitrogens with zero attached hydrogens (tertiary/aromatic N) is 5. The zero-order chi connectivity index (χ0) is 25.9. The highest BCUT2D eigenvalue weighted by Gasteiger charge is 2.65. The molecular formula is C29H36N6O4. The van der Waals surface area contributed by atoms with Gasteiger partial charge in [-0.3, -0.25) is 9.80 Å². The maximum Gasteiger partial charge on any atom is 0.331 e. The van der Waals surface area contributed by atoms with E-state index in [2.05, 4.69) is 36.3 Å². The molecule has 10 nitrogen and oxygen atoms in total. The lowest BCUT2D eigenvalue weighted by Crippen LogP contribution is -2.49. The Balaban J connectivity index is 0.949. The summed E-state index contributed by atoms with van der Waals surface area (Å²) in [4.78, 5) is 30.0. The average Bonchev–Trinajstić information content (AvgIpc) is 3.73. The molecule has 8 aliphatic rings.